The first-order chi connectivity index (χ1) is 9.30. The Morgan fingerprint density at radius 3 is 2.25 bits per heavy atom. The quantitative estimate of drug-likeness (QED) is 0.776. The Balaban J connectivity index is 2.59. The van der Waals surface area contributed by atoms with Crippen molar-refractivity contribution in [3.63, 3.8) is 0 Å². The molecule has 4 heteroatoms. The van der Waals surface area contributed by atoms with Crippen LogP contribution < -0.4 is 0 Å². The second kappa shape index (κ2) is 7.08. The van der Waals surface area contributed by atoms with E-state index in [2.05, 4.69) is 0 Å². The summed E-state index contributed by atoms with van der Waals surface area (Å²) in [7, 11) is 0. The summed E-state index contributed by atoms with van der Waals surface area (Å²) >= 11 is 0. The first-order valence-electron chi connectivity index (χ1n) is 6.70. The predicted molar refractivity (Wildman–Crippen MR) is 76.0 cm³/mol. The Kier molecular flexibility index (Phi) is 5.74. The number of esters is 2. The van der Waals surface area contributed by atoms with Gasteiger partial charge >= 0.3 is 11.9 Å². The summed E-state index contributed by atoms with van der Waals surface area (Å²) in [5, 5.41) is 0. The van der Waals surface area contributed by atoms with Crippen LogP contribution >= 0.6 is 0 Å². The molecule has 0 amide bonds. The highest BCUT2D eigenvalue weighted by molar-refractivity contribution is 5.75. The van der Waals surface area contributed by atoms with E-state index in [9.17, 15) is 9.59 Å². The van der Waals surface area contributed by atoms with Crippen LogP contribution in [0.25, 0.3) is 0 Å². The molecule has 1 aromatic rings. The normalized spacial score (nSPS) is 12.6. The van der Waals surface area contributed by atoms with Crippen LogP contribution in [0.5, 0.6) is 0 Å². The van der Waals surface area contributed by atoms with Crippen molar-refractivity contribution >= 4 is 11.9 Å². The molecule has 0 spiro atoms. The summed E-state index contributed by atoms with van der Waals surface area (Å²) in [5.74, 6) is -0.604. The molecule has 0 saturated heterocycles. The van der Waals surface area contributed by atoms with Crippen molar-refractivity contribution in [2.45, 2.75) is 40.2 Å². The minimum Gasteiger partial charge on any atom is -0.465 e. The van der Waals surface area contributed by atoms with Crippen LogP contribution in [-0.4, -0.2) is 18.5 Å². The van der Waals surface area contributed by atoms with Crippen molar-refractivity contribution in [1.82, 2.24) is 0 Å². The van der Waals surface area contributed by atoms with Crippen LogP contribution in [0, 0.1) is 5.41 Å². The molecule has 1 rings (SSSR count). The van der Waals surface area contributed by atoms with Gasteiger partial charge in [-0.05, 0) is 26.3 Å². The van der Waals surface area contributed by atoms with Crippen molar-refractivity contribution in [1.29, 1.82) is 0 Å². The van der Waals surface area contributed by atoms with Crippen LogP contribution in [0.4, 0.5) is 0 Å². The van der Waals surface area contributed by atoms with Crippen molar-refractivity contribution in [3.8, 4) is 0 Å². The highest BCUT2D eigenvalue weighted by Gasteiger charge is 2.23. The fourth-order valence-corrected chi connectivity index (χ4v) is 1.64. The van der Waals surface area contributed by atoms with Crippen molar-refractivity contribution in [2.75, 3.05) is 6.61 Å². The van der Waals surface area contributed by atoms with Gasteiger partial charge in [-0.1, -0.05) is 30.3 Å². The minimum atomic E-state index is -0.524. The fourth-order valence-electron chi connectivity index (χ4n) is 1.64. The Morgan fingerprint density at radius 2 is 1.75 bits per heavy atom. The third kappa shape index (κ3) is 5.43. The van der Waals surface area contributed by atoms with Gasteiger partial charge in [0.25, 0.3) is 0 Å². The van der Waals surface area contributed by atoms with Crippen molar-refractivity contribution in [3.05, 3.63) is 35.9 Å². The summed E-state index contributed by atoms with van der Waals surface area (Å²) < 4.78 is 10.5. The summed E-state index contributed by atoms with van der Waals surface area (Å²) in [5.41, 5.74) is 0.374. The largest absolute Gasteiger partial charge is 0.465 e. The van der Waals surface area contributed by atoms with Crippen LogP contribution in [0.15, 0.2) is 30.3 Å². The summed E-state index contributed by atoms with van der Waals surface area (Å²) in [4.78, 5) is 22.8. The molecule has 1 atom stereocenters. The van der Waals surface area contributed by atoms with Gasteiger partial charge in [0, 0.05) is 13.3 Å². The molecule has 0 N–H and O–H groups in total. The van der Waals surface area contributed by atoms with Crippen molar-refractivity contribution < 1.29 is 19.1 Å². The molecule has 1 aromatic carbocycles. The van der Waals surface area contributed by atoms with E-state index >= 15 is 0 Å². The average molecular weight is 278 g/mol. The zero-order valence-electron chi connectivity index (χ0n) is 12.5. The molecular formula is C16H22O4. The van der Waals surface area contributed by atoms with E-state index in [4.69, 9.17) is 9.47 Å². The number of benzene rings is 1. The SMILES string of the molecule is CC(=O)OC(CCOC(=O)C(C)(C)C)c1ccccc1. The minimum absolute atomic E-state index is 0.225. The smallest absolute Gasteiger partial charge is 0.311 e. The average Bonchev–Trinajstić information content (AvgIpc) is 2.37. The number of ether oxygens (including phenoxy) is 2. The number of rotatable bonds is 5. The zero-order valence-corrected chi connectivity index (χ0v) is 12.5. The van der Waals surface area contributed by atoms with Crippen LogP contribution in [-0.2, 0) is 19.1 Å². The number of hydrogen-bond donors (Lipinski definition) is 0. The lowest BCUT2D eigenvalue weighted by molar-refractivity contribution is -0.155. The lowest BCUT2D eigenvalue weighted by Crippen LogP contribution is -2.24. The van der Waals surface area contributed by atoms with Gasteiger partial charge in [0.2, 0.25) is 0 Å². The Morgan fingerprint density at radius 1 is 1.15 bits per heavy atom. The maximum Gasteiger partial charge on any atom is 0.311 e. The lowest BCUT2D eigenvalue weighted by atomic mass is 9.97. The first-order valence-corrected chi connectivity index (χ1v) is 6.70. The summed E-state index contributed by atoms with van der Waals surface area (Å²) in [6.45, 7) is 7.00. The molecule has 4 nitrogen and oxygen atoms in total. The molecule has 0 saturated carbocycles. The maximum absolute atomic E-state index is 11.7. The number of carbonyl (C=O) groups is 2. The second-order valence-electron chi connectivity index (χ2n) is 5.68. The molecule has 0 aromatic heterocycles. The molecular weight excluding hydrogens is 256 g/mol. The van der Waals surface area contributed by atoms with Crippen molar-refractivity contribution in [2.24, 2.45) is 5.41 Å². The highest BCUT2D eigenvalue weighted by Crippen LogP contribution is 2.22. The molecule has 0 aliphatic carbocycles. The standard InChI is InChI=1S/C16H22O4/c1-12(17)20-14(13-8-6-5-7-9-13)10-11-19-15(18)16(2,3)4/h5-9,14H,10-11H2,1-4H3. The van der Waals surface area contributed by atoms with Gasteiger partial charge in [0.15, 0.2) is 0 Å². The summed E-state index contributed by atoms with van der Waals surface area (Å²) in [6.07, 6.45) is 0.0623. The van der Waals surface area contributed by atoms with E-state index < -0.39 is 5.41 Å². The van der Waals surface area contributed by atoms with E-state index in [0.29, 0.717) is 6.42 Å². The van der Waals surface area contributed by atoms with E-state index in [1.54, 1.807) is 20.8 Å². The van der Waals surface area contributed by atoms with Gasteiger partial charge in [-0.15, -0.1) is 0 Å². The number of carbonyl (C=O) groups excluding carboxylic acids is 2. The van der Waals surface area contributed by atoms with Gasteiger partial charge in [0.1, 0.15) is 6.10 Å². The molecule has 0 radical (unpaired) electrons. The van der Waals surface area contributed by atoms with Gasteiger partial charge in [-0.2, -0.15) is 0 Å². The highest BCUT2D eigenvalue weighted by atomic mass is 16.6. The van der Waals surface area contributed by atoms with E-state index in [0.717, 1.165) is 5.56 Å². The van der Waals surface area contributed by atoms with Crippen LogP contribution in [0.3, 0.4) is 0 Å². The van der Waals surface area contributed by atoms with E-state index in [1.165, 1.54) is 6.92 Å². The van der Waals surface area contributed by atoms with Gasteiger partial charge < -0.3 is 9.47 Å². The Bertz CT molecular complexity index is 445. The molecule has 0 fully saturated rings. The molecule has 0 bridgehead atoms. The first kappa shape index (κ1) is 16.2. The molecule has 1 unspecified atom stereocenters. The monoisotopic (exact) mass is 278 g/mol. The zero-order chi connectivity index (χ0) is 15.2. The third-order valence-corrected chi connectivity index (χ3v) is 2.71. The molecule has 0 aliphatic rings. The van der Waals surface area contributed by atoms with Crippen LogP contribution in [0.2, 0.25) is 0 Å². The molecule has 110 valence electrons. The van der Waals surface area contributed by atoms with Crippen LogP contribution in [0.1, 0.15) is 45.8 Å². The van der Waals surface area contributed by atoms with Gasteiger partial charge in [-0.25, -0.2) is 0 Å². The fraction of sp³-hybridized carbons (Fsp3) is 0.500. The Hall–Kier alpha value is -1.84. The lowest BCUT2D eigenvalue weighted by Gasteiger charge is -2.20. The molecule has 20 heavy (non-hydrogen) atoms. The number of hydrogen-bond acceptors (Lipinski definition) is 4. The topological polar surface area (TPSA) is 52.6 Å². The predicted octanol–water partition coefficient (Wildman–Crippen LogP) is 3.27. The van der Waals surface area contributed by atoms with E-state index in [-0.39, 0.29) is 24.6 Å². The molecule has 0 heterocycles. The summed E-state index contributed by atoms with van der Waals surface area (Å²) in [6, 6.07) is 9.44. The van der Waals surface area contributed by atoms with E-state index in [1.807, 2.05) is 30.3 Å². The maximum atomic E-state index is 11.7. The second-order valence-corrected chi connectivity index (χ2v) is 5.68. The van der Waals surface area contributed by atoms with Gasteiger partial charge in [-0.3, -0.25) is 9.59 Å². The van der Waals surface area contributed by atoms with Gasteiger partial charge in [0.05, 0.1) is 12.0 Å². The third-order valence-electron chi connectivity index (χ3n) is 2.71. The Labute approximate surface area is 120 Å². The molecule has 0 aliphatic heterocycles.